The Morgan fingerprint density at radius 2 is 2.07 bits per heavy atom. The number of halogens is 1. The Balaban J connectivity index is 2.37. The van der Waals surface area contributed by atoms with Gasteiger partial charge in [0.05, 0.1) is 0 Å². The van der Waals surface area contributed by atoms with Gasteiger partial charge in [-0.15, -0.1) is 11.6 Å². The van der Waals surface area contributed by atoms with Crippen molar-refractivity contribution in [1.82, 2.24) is 5.32 Å². The van der Waals surface area contributed by atoms with Crippen LogP contribution in [0.1, 0.15) is 46.0 Å². The number of alkyl halides is 1. The maximum atomic E-state index is 11.6. The van der Waals surface area contributed by atoms with E-state index in [4.69, 9.17) is 11.6 Å². The van der Waals surface area contributed by atoms with Crippen LogP contribution in [0.15, 0.2) is 0 Å². The van der Waals surface area contributed by atoms with E-state index >= 15 is 0 Å². The molecule has 1 rings (SSSR count). The van der Waals surface area contributed by atoms with Crippen LogP contribution in [0, 0.1) is 11.3 Å². The zero-order chi connectivity index (χ0) is 11.3. The Morgan fingerprint density at radius 3 is 2.53 bits per heavy atom. The van der Waals surface area contributed by atoms with Crippen molar-refractivity contribution in [2.24, 2.45) is 11.3 Å². The summed E-state index contributed by atoms with van der Waals surface area (Å²) in [4.78, 5) is 11.6. The molecule has 0 aromatic rings. The van der Waals surface area contributed by atoms with Crippen LogP contribution in [-0.2, 0) is 4.79 Å². The molecule has 1 amide bonds. The molecule has 1 unspecified atom stereocenters. The van der Waals surface area contributed by atoms with Gasteiger partial charge in [0.25, 0.3) is 0 Å². The quantitative estimate of drug-likeness (QED) is 0.725. The van der Waals surface area contributed by atoms with Crippen LogP contribution in [-0.4, -0.2) is 18.3 Å². The van der Waals surface area contributed by atoms with Crippen LogP contribution in [0.2, 0.25) is 0 Å². The van der Waals surface area contributed by atoms with Gasteiger partial charge in [-0.3, -0.25) is 4.79 Å². The van der Waals surface area contributed by atoms with Crippen LogP contribution in [0.3, 0.4) is 0 Å². The fraction of sp³-hybridized carbons (Fsp3) is 0.917. The van der Waals surface area contributed by atoms with Crippen molar-refractivity contribution in [3.63, 3.8) is 0 Å². The number of hydrogen-bond donors (Lipinski definition) is 1. The molecule has 1 aliphatic carbocycles. The van der Waals surface area contributed by atoms with E-state index in [1.54, 1.807) is 0 Å². The molecule has 1 saturated carbocycles. The van der Waals surface area contributed by atoms with Crippen molar-refractivity contribution in [2.45, 2.75) is 46.0 Å². The van der Waals surface area contributed by atoms with Gasteiger partial charge in [-0.1, -0.05) is 26.7 Å². The lowest BCUT2D eigenvalue weighted by atomic mass is 9.83. The Bertz CT molecular complexity index is 212. The van der Waals surface area contributed by atoms with Crippen LogP contribution in [0.4, 0.5) is 0 Å². The first-order valence-corrected chi connectivity index (χ1v) is 6.51. The van der Waals surface area contributed by atoms with E-state index in [1.165, 1.54) is 32.1 Å². The second-order valence-electron chi connectivity index (χ2n) is 4.83. The summed E-state index contributed by atoms with van der Waals surface area (Å²) in [6.07, 6.45) is 6.32. The number of carbonyl (C=O) groups is 1. The highest BCUT2D eigenvalue weighted by Crippen LogP contribution is 2.40. The zero-order valence-electron chi connectivity index (χ0n) is 9.81. The largest absolute Gasteiger partial charge is 0.355 e. The molecule has 1 aliphatic rings. The summed E-state index contributed by atoms with van der Waals surface area (Å²) in [5.74, 6) is 0.442. The fourth-order valence-electron chi connectivity index (χ4n) is 2.30. The van der Waals surface area contributed by atoms with Gasteiger partial charge < -0.3 is 5.32 Å². The molecule has 88 valence electrons. The van der Waals surface area contributed by atoms with Crippen LogP contribution in [0.5, 0.6) is 0 Å². The molecule has 0 radical (unpaired) electrons. The first kappa shape index (κ1) is 12.8. The number of rotatable bonds is 5. The first-order valence-electron chi connectivity index (χ1n) is 5.97. The first-order chi connectivity index (χ1) is 7.13. The van der Waals surface area contributed by atoms with Crippen LogP contribution in [0.25, 0.3) is 0 Å². The third-order valence-corrected chi connectivity index (χ3v) is 4.19. The minimum atomic E-state index is -0.0676. The summed E-state index contributed by atoms with van der Waals surface area (Å²) >= 11 is 5.65. The average Bonchev–Trinajstić information content (AvgIpc) is 2.74. The van der Waals surface area contributed by atoms with Gasteiger partial charge in [-0.2, -0.15) is 0 Å². The van der Waals surface area contributed by atoms with Crippen molar-refractivity contribution >= 4 is 17.5 Å². The summed E-state index contributed by atoms with van der Waals surface area (Å²) in [6, 6.07) is 0. The Labute approximate surface area is 97.8 Å². The zero-order valence-corrected chi connectivity index (χ0v) is 10.6. The van der Waals surface area contributed by atoms with Gasteiger partial charge in [-0.05, 0) is 24.7 Å². The van der Waals surface area contributed by atoms with E-state index in [0.29, 0.717) is 11.3 Å². The minimum absolute atomic E-state index is 0.0676. The molecule has 1 atom stereocenters. The molecule has 1 N–H and O–H groups in total. The highest BCUT2D eigenvalue weighted by molar-refractivity contribution is 6.19. The summed E-state index contributed by atoms with van der Waals surface area (Å²) in [7, 11) is 0. The van der Waals surface area contributed by atoms with Gasteiger partial charge in [0.1, 0.15) is 0 Å². The van der Waals surface area contributed by atoms with Crippen molar-refractivity contribution in [3.8, 4) is 0 Å². The van der Waals surface area contributed by atoms with E-state index in [0.717, 1.165) is 6.54 Å². The van der Waals surface area contributed by atoms with E-state index in [2.05, 4.69) is 12.2 Å². The van der Waals surface area contributed by atoms with Crippen molar-refractivity contribution < 1.29 is 4.79 Å². The standard InChI is InChI=1S/C12H22ClNO/c1-3-12(6-4-5-7-12)9-14-11(15)10(2)8-13/h10H,3-9H2,1-2H3,(H,14,15). The van der Waals surface area contributed by atoms with Gasteiger partial charge in [-0.25, -0.2) is 0 Å². The maximum Gasteiger partial charge on any atom is 0.224 e. The average molecular weight is 232 g/mol. The molecule has 0 spiro atoms. The minimum Gasteiger partial charge on any atom is -0.355 e. The fourth-order valence-corrected chi connectivity index (χ4v) is 2.44. The van der Waals surface area contributed by atoms with Crippen molar-refractivity contribution in [1.29, 1.82) is 0 Å². The normalized spacial score (nSPS) is 21.3. The molecule has 0 heterocycles. The Kier molecular flexibility index (Phi) is 4.91. The van der Waals surface area contributed by atoms with Gasteiger partial charge in [0, 0.05) is 18.3 Å². The van der Waals surface area contributed by atoms with Crippen LogP contribution < -0.4 is 5.32 Å². The highest BCUT2D eigenvalue weighted by Gasteiger charge is 2.32. The summed E-state index contributed by atoms with van der Waals surface area (Å²) < 4.78 is 0. The molecule has 0 aromatic heterocycles. The van der Waals surface area contributed by atoms with Crippen LogP contribution >= 0.6 is 11.6 Å². The Morgan fingerprint density at radius 1 is 1.47 bits per heavy atom. The Hall–Kier alpha value is -0.240. The van der Waals surface area contributed by atoms with Gasteiger partial charge >= 0.3 is 0 Å². The predicted octanol–water partition coefficient (Wildman–Crippen LogP) is 2.95. The van der Waals surface area contributed by atoms with Crippen molar-refractivity contribution in [3.05, 3.63) is 0 Å². The SMILES string of the molecule is CCC1(CNC(=O)C(C)CCl)CCCC1. The molecular formula is C12H22ClNO. The van der Waals surface area contributed by atoms with E-state index in [-0.39, 0.29) is 11.8 Å². The smallest absolute Gasteiger partial charge is 0.224 e. The number of nitrogens with one attached hydrogen (secondary N) is 1. The highest BCUT2D eigenvalue weighted by atomic mass is 35.5. The second kappa shape index (κ2) is 5.74. The summed E-state index contributed by atoms with van der Waals surface area (Å²) in [5, 5.41) is 3.04. The molecule has 0 aromatic carbocycles. The molecular weight excluding hydrogens is 210 g/mol. The lowest BCUT2D eigenvalue weighted by molar-refractivity contribution is -0.124. The number of amides is 1. The van der Waals surface area contributed by atoms with E-state index < -0.39 is 0 Å². The summed E-state index contributed by atoms with van der Waals surface area (Å²) in [6.45, 7) is 4.93. The van der Waals surface area contributed by atoms with E-state index in [9.17, 15) is 4.79 Å². The molecule has 2 nitrogen and oxygen atoms in total. The molecule has 1 fully saturated rings. The molecule has 0 aliphatic heterocycles. The third-order valence-electron chi connectivity index (χ3n) is 3.73. The molecule has 0 bridgehead atoms. The molecule has 15 heavy (non-hydrogen) atoms. The topological polar surface area (TPSA) is 29.1 Å². The monoisotopic (exact) mass is 231 g/mol. The maximum absolute atomic E-state index is 11.6. The summed E-state index contributed by atoms with van der Waals surface area (Å²) in [5.41, 5.74) is 0.377. The number of hydrogen-bond acceptors (Lipinski definition) is 1. The van der Waals surface area contributed by atoms with Crippen molar-refractivity contribution in [2.75, 3.05) is 12.4 Å². The third kappa shape index (κ3) is 3.37. The lowest BCUT2D eigenvalue weighted by Crippen LogP contribution is -2.38. The number of carbonyl (C=O) groups excluding carboxylic acids is 1. The second-order valence-corrected chi connectivity index (χ2v) is 5.14. The molecule has 3 heteroatoms. The predicted molar refractivity (Wildman–Crippen MR) is 64.1 cm³/mol. The van der Waals surface area contributed by atoms with Gasteiger partial charge in [0.2, 0.25) is 5.91 Å². The van der Waals surface area contributed by atoms with Gasteiger partial charge in [0.15, 0.2) is 0 Å². The molecule has 0 saturated heterocycles. The van der Waals surface area contributed by atoms with E-state index in [1.807, 2.05) is 6.92 Å². The lowest BCUT2D eigenvalue weighted by Gasteiger charge is -2.28.